The third kappa shape index (κ3) is 4.94. The molecule has 0 aliphatic rings. The molecule has 2 rings (SSSR count). The van der Waals surface area contributed by atoms with Crippen molar-refractivity contribution in [3.8, 4) is 0 Å². The Bertz CT molecular complexity index is 569. The van der Waals surface area contributed by atoms with Crippen LogP contribution in [0, 0.1) is 0 Å². The van der Waals surface area contributed by atoms with E-state index in [9.17, 15) is 0 Å². The number of H-pyrrole nitrogens is 1. The lowest BCUT2D eigenvalue weighted by Crippen LogP contribution is -2.31. The first-order valence-electron chi connectivity index (χ1n) is 5.05. The highest BCUT2D eigenvalue weighted by Crippen LogP contribution is 2.05. The van der Waals surface area contributed by atoms with Crippen molar-refractivity contribution in [2.45, 2.75) is 19.9 Å². The molecular formula is C10H14N2O4S. The SMILES string of the molecule is CCC[n+]1c[nH]c2ccccc21.O=S(=O)([O-])O. The first-order valence-corrected chi connectivity index (χ1v) is 6.42. The highest BCUT2D eigenvalue weighted by Gasteiger charge is 2.05. The smallest absolute Gasteiger partial charge is 0.242 e. The van der Waals surface area contributed by atoms with Crippen LogP contribution >= 0.6 is 0 Å². The molecule has 0 saturated carbocycles. The van der Waals surface area contributed by atoms with Gasteiger partial charge in [-0.15, -0.1) is 0 Å². The summed E-state index contributed by atoms with van der Waals surface area (Å²) in [7, 11) is -4.92. The largest absolute Gasteiger partial charge is 0.726 e. The topological polar surface area (TPSA) is 97.1 Å². The van der Waals surface area contributed by atoms with Gasteiger partial charge in [-0.2, -0.15) is 0 Å². The zero-order chi connectivity index (χ0) is 12.9. The second-order valence-electron chi connectivity index (χ2n) is 3.41. The van der Waals surface area contributed by atoms with Gasteiger partial charge in [0.15, 0.2) is 11.0 Å². The Morgan fingerprint density at radius 2 is 2.00 bits per heavy atom. The van der Waals surface area contributed by atoms with Gasteiger partial charge in [0.05, 0.1) is 6.54 Å². The van der Waals surface area contributed by atoms with Crippen LogP contribution in [0.2, 0.25) is 0 Å². The predicted molar refractivity (Wildman–Crippen MR) is 61.1 cm³/mol. The lowest BCUT2D eigenvalue weighted by Gasteiger charge is -1.91. The number of imidazole rings is 1. The molecule has 0 spiro atoms. The van der Waals surface area contributed by atoms with Crippen molar-refractivity contribution in [1.82, 2.24) is 4.98 Å². The Balaban J connectivity index is 0.000000249. The average Bonchev–Trinajstić information content (AvgIpc) is 2.60. The van der Waals surface area contributed by atoms with Crippen LogP contribution in [-0.2, 0) is 16.9 Å². The van der Waals surface area contributed by atoms with Gasteiger partial charge < -0.3 is 4.55 Å². The molecule has 17 heavy (non-hydrogen) atoms. The Hall–Kier alpha value is -1.44. The first kappa shape index (κ1) is 13.6. The van der Waals surface area contributed by atoms with Crippen LogP contribution in [0.15, 0.2) is 30.6 Å². The molecule has 2 N–H and O–H groups in total. The summed E-state index contributed by atoms with van der Waals surface area (Å²) >= 11 is 0. The molecule has 7 heteroatoms. The summed E-state index contributed by atoms with van der Waals surface area (Å²) in [5, 5.41) is 0. The van der Waals surface area contributed by atoms with Crippen molar-refractivity contribution in [2.24, 2.45) is 0 Å². The third-order valence-corrected chi connectivity index (χ3v) is 2.05. The summed E-state index contributed by atoms with van der Waals surface area (Å²) < 4.78 is 35.1. The molecule has 1 aromatic carbocycles. The molecule has 2 aromatic rings. The number of rotatable bonds is 2. The summed E-state index contributed by atoms with van der Waals surface area (Å²) in [4.78, 5) is 3.24. The van der Waals surface area contributed by atoms with E-state index in [0.29, 0.717) is 0 Å². The van der Waals surface area contributed by atoms with Crippen molar-refractivity contribution in [3.05, 3.63) is 30.6 Å². The van der Waals surface area contributed by atoms with Gasteiger partial charge in [-0.1, -0.05) is 19.1 Å². The monoisotopic (exact) mass is 258 g/mol. The van der Waals surface area contributed by atoms with E-state index in [4.69, 9.17) is 17.5 Å². The van der Waals surface area contributed by atoms with Crippen LogP contribution in [-0.4, -0.2) is 22.5 Å². The molecular weight excluding hydrogens is 244 g/mol. The second kappa shape index (κ2) is 5.76. The fourth-order valence-electron chi connectivity index (χ4n) is 1.49. The zero-order valence-corrected chi connectivity index (χ0v) is 10.1. The summed E-state index contributed by atoms with van der Waals surface area (Å²) in [5.74, 6) is 0. The molecule has 0 saturated heterocycles. The summed E-state index contributed by atoms with van der Waals surface area (Å²) in [6.07, 6.45) is 3.21. The molecule has 0 atom stereocenters. The number of aromatic amines is 1. The normalized spacial score (nSPS) is 11.0. The van der Waals surface area contributed by atoms with Crippen LogP contribution in [0.1, 0.15) is 13.3 Å². The van der Waals surface area contributed by atoms with Crippen LogP contribution in [0.4, 0.5) is 0 Å². The molecule has 0 bridgehead atoms. The number of nitrogens with zero attached hydrogens (tertiary/aromatic N) is 1. The Morgan fingerprint density at radius 1 is 1.41 bits per heavy atom. The number of para-hydroxylation sites is 2. The van der Waals surface area contributed by atoms with Gasteiger partial charge in [0, 0.05) is 0 Å². The minimum atomic E-state index is -4.92. The van der Waals surface area contributed by atoms with E-state index in [-0.39, 0.29) is 0 Å². The molecule has 0 aliphatic heterocycles. The van der Waals surface area contributed by atoms with E-state index in [1.165, 1.54) is 17.5 Å². The van der Waals surface area contributed by atoms with Crippen molar-refractivity contribution >= 4 is 21.4 Å². The van der Waals surface area contributed by atoms with Crippen LogP contribution < -0.4 is 4.57 Å². The van der Waals surface area contributed by atoms with E-state index in [2.05, 4.69) is 40.7 Å². The number of hydrogen-bond donors (Lipinski definition) is 2. The first-order chi connectivity index (χ1) is 7.92. The van der Waals surface area contributed by atoms with Gasteiger partial charge >= 0.3 is 0 Å². The highest BCUT2D eigenvalue weighted by atomic mass is 32.3. The van der Waals surface area contributed by atoms with E-state index >= 15 is 0 Å². The standard InChI is InChI=1S/C10H12N2.H2O4S/c1-2-7-12-8-11-9-5-3-4-6-10(9)12;1-5(2,3)4/h3-6,8H,2,7H2,1H3;(H2,1,2,3,4). The summed E-state index contributed by atoms with van der Waals surface area (Å²) in [5.41, 5.74) is 2.50. The third-order valence-electron chi connectivity index (χ3n) is 2.05. The minimum absolute atomic E-state index is 1.09. The maximum Gasteiger partial charge on any atom is 0.242 e. The number of benzene rings is 1. The van der Waals surface area contributed by atoms with Gasteiger partial charge in [0.1, 0.15) is 0 Å². The number of hydrogen-bond acceptors (Lipinski definition) is 3. The van der Waals surface area contributed by atoms with Gasteiger partial charge in [-0.3, -0.25) is 4.55 Å². The van der Waals surface area contributed by atoms with Gasteiger partial charge in [0.25, 0.3) is 0 Å². The van der Waals surface area contributed by atoms with E-state index in [0.717, 1.165) is 6.54 Å². The highest BCUT2D eigenvalue weighted by molar-refractivity contribution is 7.79. The van der Waals surface area contributed by atoms with E-state index in [1.54, 1.807) is 0 Å². The zero-order valence-electron chi connectivity index (χ0n) is 9.33. The quantitative estimate of drug-likeness (QED) is 0.474. The molecule has 0 amide bonds. The second-order valence-corrected chi connectivity index (χ2v) is 4.27. The van der Waals surface area contributed by atoms with Gasteiger partial charge in [0.2, 0.25) is 16.7 Å². The molecule has 0 unspecified atom stereocenters. The number of aromatic nitrogens is 2. The fraction of sp³-hybridized carbons (Fsp3) is 0.300. The van der Waals surface area contributed by atoms with Crippen molar-refractivity contribution in [3.63, 3.8) is 0 Å². The summed E-state index contributed by atoms with van der Waals surface area (Å²) in [6, 6.07) is 8.36. The number of nitrogens with one attached hydrogen (secondary N) is 1. The van der Waals surface area contributed by atoms with Crippen molar-refractivity contribution in [2.75, 3.05) is 0 Å². The fourth-order valence-corrected chi connectivity index (χ4v) is 1.49. The van der Waals surface area contributed by atoms with Crippen LogP contribution in [0.5, 0.6) is 0 Å². The Labute approximate surface area is 99.5 Å². The van der Waals surface area contributed by atoms with E-state index < -0.39 is 10.4 Å². The average molecular weight is 258 g/mol. The molecule has 0 radical (unpaired) electrons. The summed E-state index contributed by atoms with van der Waals surface area (Å²) in [6.45, 7) is 3.28. The molecule has 6 nitrogen and oxygen atoms in total. The molecule has 0 fully saturated rings. The lowest BCUT2D eigenvalue weighted by molar-refractivity contribution is -0.671. The molecule has 94 valence electrons. The maximum absolute atomic E-state index is 8.63. The van der Waals surface area contributed by atoms with Crippen LogP contribution in [0.3, 0.4) is 0 Å². The maximum atomic E-state index is 8.63. The van der Waals surface area contributed by atoms with Gasteiger partial charge in [-0.05, 0) is 18.6 Å². The van der Waals surface area contributed by atoms with Crippen LogP contribution in [0.25, 0.3) is 11.0 Å². The van der Waals surface area contributed by atoms with Gasteiger partial charge in [-0.25, -0.2) is 18.0 Å². The number of aryl methyl sites for hydroxylation is 1. The molecule has 0 aliphatic carbocycles. The minimum Gasteiger partial charge on any atom is -0.726 e. The Morgan fingerprint density at radius 3 is 2.59 bits per heavy atom. The van der Waals surface area contributed by atoms with Crippen molar-refractivity contribution in [1.29, 1.82) is 0 Å². The van der Waals surface area contributed by atoms with E-state index in [1.807, 2.05) is 6.33 Å². The predicted octanol–water partition coefficient (Wildman–Crippen LogP) is 0.870. The Kier molecular flexibility index (Phi) is 4.62. The molecule has 1 aromatic heterocycles. The lowest BCUT2D eigenvalue weighted by atomic mass is 10.3. The van der Waals surface area contributed by atoms with Crippen molar-refractivity contribution < 1.29 is 22.1 Å². The molecule has 1 heterocycles. The number of fused-ring (bicyclic) bond motifs is 1.